The van der Waals surface area contributed by atoms with Gasteiger partial charge in [0.2, 0.25) is 5.91 Å². The maximum atomic E-state index is 12.6. The molecule has 1 amide bonds. The van der Waals surface area contributed by atoms with Crippen molar-refractivity contribution in [2.24, 2.45) is 0 Å². The largest absolute Gasteiger partial charge is 0.325 e. The minimum atomic E-state index is -0.157. The Bertz CT molecular complexity index is 1090. The molecule has 0 bridgehead atoms. The van der Waals surface area contributed by atoms with Crippen LogP contribution in [-0.4, -0.2) is 21.6 Å². The van der Waals surface area contributed by atoms with Crippen LogP contribution in [0, 0.1) is 13.8 Å². The molecule has 0 saturated carbocycles. The number of thioether (sulfide) groups is 1. The zero-order valence-corrected chi connectivity index (χ0v) is 18.6. The molecule has 0 spiro atoms. The van der Waals surface area contributed by atoms with E-state index in [-0.39, 0.29) is 17.2 Å². The van der Waals surface area contributed by atoms with Gasteiger partial charge in [0.05, 0.1) is 5.75 Å². The number of carbonyl (C=O) groups is 1. The van der Waals surface area contributed by atoms with Gasteiger partial charge >= 0.3 is 0 Å². The summed E-state index contributed by atoms with van der Waals surface area (Å²) < 4.78 is 0. The van der Waals surface area contributed by atoms with Gasteiger partial charge in [-0.3, -0.25) is 9.59 Å². The monoisotopic (exact) mass is 421 g/mol. The first-order valence-corrected chi connectivity index (χ1v) is 11.0. The molecule has 3 aromatic rings. The van der Waals surface area contributed by atoms with Crippen LogP contribution in [0.1, 0.15) is 47.7 Å². The van der Waals surface area contributed by atoms with E-state index in [9.17, 15) is 9.59 Å². The van der Waals surface area contributed by atoms with Crippen LogP contribution in [-0.2, 0) is 11.2 Å². The van der Waals surface area contributed by atoms with Crippen molar-refractivity contribution in [3.63, 3.8) is 0 Å². The minimum absolute atomic E-state index is 0.120. The van der Waals surface area contributed by atoms with Crippen molar-refractivity contribution >= 4 is 23.4 Å². The highest BCUT2D eigenvalue weighted by atomic mass is 32.2. The van der Waals surface area contributed by atoms with E-state index in [4.69, 9.17) is 0 Å². The molecule has 156 valence electrons. The molecule has 0 atom stereocenters. The smallest absolute Gasteiger partial charge is 0.255 e. The fourth-order valence-electron chi connectivity index (χ4n) is 3.31. The first-order chi connectivity index (χ1) is 14.3. The van der Waals surface area contributed by atoms with E-state index in [1.54, 1.807) is 0 Å². The molecule has 0 saturated heterocycles. The molecule has 2 aromatic carbocycles. The first kappa shape index (κ1) is 21.8. The molecule has 0 radical (unpaired) electrons. The van der Waals surface area contributed by atoms with Crippen molar-refractivity contribution in [2.45, 2.75) is 45.2 Å². The number of carbonyl (C=O) groups excluding carboxylic acids is 1. The maximum Gasteiger partial charge on any atom is 0.255 e. The van der Waals surface area contributed by atoms with Gasteiger partial charge in [-0.1, -0.05) is 74.1 Å². The number of aromatic amines is 1. The number of rotatable bonds is 7. The topological polar surface area (TPSA) is 74.8 Å². The van der Waals surface area contributed by atoms with Crippen LogP contribution in [0.3, 0.4) is 0 Å². The Kier molecular flexibility index (Phi) is 7.11. The van der Waals surface area contributed by atoms with Gasteiger partial charge in [0.1, 0.15) is 0 Å². The fraction of sp³-hybridized carbons (Fsp3) is 0.292. The van der Waals surface area contributed by atoms with E-state index >= 15 is 0 Å². The first-order valence-electron chi connectivity index (χ1n) is 10.0. The second kappa shape index (κ2) is 9.76. The maximum absolute atomic E-state index is 12.6. The number of H-pyrrole nitrogens is 1. The summed E-state index contributed by atoms with van der Waals surface area (Å²) in [5, 5.41) is 3.48. The van der Waals surface area contributed by atoms with Crippen LogP contribution in [0.25, 0.3) is 0 Å². The molecule has 2 N–H and O–H groups in total. The summed E-state index contributed by atoms with van der Waals surface area (Å²) in [4.78, 5) is 32.4. The number of benzene rings is 2. The number of aromatic nitrogens is 2. The van der Waals surface area contributed by atoms with Crippen LogP contribution in [0.2, 0.25) is 0 Å². The average Bonchev–Trinajstić information content (AvgIpc) is 2.71. The number of hydrogen-bond acceptors (Lipinski definition) is 4. The van der Waals surface area contributed by atoms with Crippen molar-refractivity contribution in [2.75, 3.05) is 11.1 Å². The lowest BCUT2D eigenvalue weighted by Gasteiger charge is -2.16. The number of aryl methyl sites for hydroxylation is 2. The van der Waals surface area contributed by atoms with E-state index in [0.29, 0.717) is 28.8 Å². The van der Waals surface area contributed by atoms with Crippen molar-refractivity contribution in [3.8, 4) is 0 Å². The predicted octanol–water partition coefficient (Wildman–Crippen LogP) is 4.83. The van der Waals surface area contributed by atoms with Crippen LogP contribution in [0.15, 0.2) is 58.5 Å². The summed E-state index contributed by atoms with van der Waals surface area (Å²) in [6, 6.07) is 15.9. The number of nitrogens with one attached hydrogen (secondary N) is 2. The lowest BCUT2D eigenvalue weighted by Crippen LogP contribution is -2.20. The molecular formula is C24H27N3O2S. The Hall–Kier alpha value is -2.86. The number of anilines is 1. The molecular weight excluding hydrogens is 394 g/mol. The van der Waals surface area contributed by atoms with Crippen molar-refractivity contribution in [3.05, 3.63) is 86.8 Å². The van der Waals surface area contributed by atoms with Gasteiger partial charge in [0, 0.05) is 23.4 Å². The second-order valence-electron chi connectivity index (χ2n) is 7.63. The number of para-hydroxylation sites is 1. The van der Waals surface area contributed by atoms with E-state index in [1.807, 2.05) is 62.4 Å². The van der Waals surface area contributed by atoms with Gasteiger partial charge < -0.3 is 10.3 Å². The Balaban J connectivity index is 1.68. The average molecular weight is 422 g/mol. The van der Waals surface area contributed by atoms with Crippen molar-refractivity contribution in [1.29, 1.82) is 0 Å². The van der Waals surface area contributed by atoms with Gasteiger partial charge in [0.15, 0.2) is 5.16 Å². The minimum Gasteiger partial charge on any atom is -0.325 e. The van der Waals surface area contributed by atoms with Gasteiger partial charge in [-0.25, -0.2) is 4.98 Å². The molecule has 0 aliphatic rings. The Labute approximate surface area is 181 Å². The highest BCUT2D eigenvalue weighted by Crippen LogP contribution is 2.27. The van der Waals surface area contributed by atoms with Gasteiger partial charge in [-0.2, -0.15) is 0 Å². The number of amides is 1. The third-order valence-electron chi connectivity index (χ3n) is 4.96. The van der Waals surface area contributed by atoms with E-state index in [2.05, 4.69) is 29.1 Å². The number of hydrogen-bond donors (Lipinski definition) is 2. The van der Waals surface area contributed by atoms with E-state index < -0.39 is 0 Å². The molecule has 5 nitrogen and oxygen atoms in total. The summed E-state index contributed by atoms with van der Waals surface area (Å²) >= 11 is 1.23. The molecule has 30 heavy (non-hydrogen) atoms. The molecule has 3 rings (SSSR count). The summed E-state index contributed by atoms with van der Waals surface area (Å²) in [6.07, 6.45) is 0.533. The zero-order chi connectivity index (χ0) is 21.7. The standard InChI is InChI=1S/C24H27N3O2S/c1-15(2)19-12-8-9-16(3)22(19)26-21(28)14-30-24-25-17(4)20(23(29)27-24)13-18-10-6-5-7-11-18/h5-12,15H,13-14H2,1-4H3,(H,26,28)(H,25,27,29). The van der Waals surface area contributed by atoms with Crippen LogP contribution in [0.5, 0.6) is 0 Å². The SMILES string of the molecule is Cc1cccc(C(C)C)c1NC(=O)CSc1nc(C)c(Cc2ccccc2)c(=O)[nH]1. The molecule has 0 aliphatic carbocycles. The van der Waals surface area contributed by atoms with Gasteiger partial charge in [-0.15, -0.1) is 0 Å². The summed E-state index contributed by atoms with van der Waals surface area (Å²) in [6.45, 7) is 8.03. The van der Waals surface area contributed by atoms with E-state index in [1.165, 1.54) is 11.8 Å². The third kappa shape index (κ3) is 5.39. The van der Waals surface area contributed by atoms with Gasteiger partial charge in [0.25, 0.3) is 5.56 Å². The highest BCUT2D eigenvalue weighted by Gasteiger charge is 2.14. The normalized spacial score (nSPS) is 11.0. The zero-order valence-electron chi connectivity index (χ0n) is 17.8. The summed E-state index contributed by atoms with van der Waals surface area (Å²) in [5.74, 6) is 0.363. The lowest BCUT2D eigenvalue weighted by atomic mass is 9.98. The molecule has 0 unspecified atom stereocenters. The molecule has 0 fully saturated rings. The quantitative estimate of drug-likeness (QED) is 0.423. The Morgan fingerprint density at radius 3 is 2.50 bits per heavy atom. The molecule has 1 aromatic heterocycles. The predicted molar refractivity (Wildman–Crippen MR) is 123 cm³/mol. The lowest BCUT2D eigenvalue weighted by molar-refractivity contribution is -0.113. The number of nitrogens with zero attached hydrogens (tertiary/aromatic N) is 1. The fourth-order valence-corrected chi connectivity index (χ4v) is 4.02. The molecule has 1 heterocycles. The van der Waals surface area contributed by atoms with Crippen molar-refractivity contribution < 1.29 is 4.79 Å². The van der Waals surface area contributed by atoms with Crippen molar-refractivity contribution in [1.82, 2.24) is 9.97 Å². The third-order valence-corrected chi connectivity index (χ3v) is 5.83. The molecule has 6 heteroatoms. The molecule has 0 aliphatic heterocycles. The van der Waals surface area contributed by atoms with Crippen LogP contribution in [0.4, 0.5) is 5.69 Å². The van der Waals surface area contributed by atoms with Crippen LogP contribution < -0.4 is 10.9 Å². The van der Waals surface area contributed by atoms with Gasteiger partial charge in [-0.05, 0) is 36.5 Å². The Morgan fingerprint density at radius 1 is 1.10 bits per heavy atom. The van der Waals surface area contributed by atoms with Crippen LogP contribution >= 0.6 is 11.8 Å². The Morgan fingerprint density at radius 2 is 1.83 bits per heavy atom. The highest BCUT2D eigenvalue weighted by molar-refractivity contribution is 7.99. The summed E-state index contributed by atoms with van der Waals surface area (Å²) in [5.41, 5.74) is 5.26. The van der Waals surface area contributed by atoms with E-state index in [0.717, 1.165) is 22.4 Å². The summed E-state index contributed by atoms with van der Waals surface area (Å²) in [7, 11) is 0. The second-order valence-corrected chi connectivity index (χ2v) is 8.59.